The summed E-state index contributed by atoms with van der Waals surface area (Å²) in [6, 6.07) is 3.17. The van der Waals surface area contributed by atoms with Crippen molar-refractivity contribution in [1.29, 1.82) is 0 Å². The molecule has 1 aromatic carbocycles. The first-order valence-corrected chi connectivity index (χ1v) is 28.9. The molecule has 444 valence electrons. The molecule has 0 radical (unpaired) electrons. The molecule has 0 aromatic heterocycles. The highest BCUT2D eigenvalue weighted by Crippen LogP contribution is 2.44. The largest absolute Gasteiger partial charge is 0.447 e. The monoisotopic (exact) mass is 1120 g/mol. The Morgan fingerprint density at radius 1 is 0.588 bits per heavy atom. The molecule has 21 heteroatoms. The molecule has 21 nitrogen and oxygen atoms in total. The Balaban J connectivity index is 0.000000295. The number of ether oxygens (including phenoxy) is 2. The van der Waals surface area contributed by atoms with Crippen LogP contribution in [0.15, 0.2) is 30.3 Å². The summed E-state index contributed by atoms with van der Waals surface area (Å²) in [5.41, 5.74) is -0.515. The third kappa shape index (κ3) is 16.8. The number of Topliss-reactive ketones (excluding diaryl/α,β-unsaturated/α-hetero) is 3. The lowest BCUT2D eigenvalue weighted by molar-refractivity contribution is -0.144. The van der Waals surface area contributed by atoms with Crippen LogP contribution in [0.1, 0.15) is 172 Å². The molecule has 11 atom stereocenters. The highest BCUT2D eigenvalue weighted by molar-refractivity contribution is 6.39. The Bertz CT molecular complexity index is 2430. The first-order chi connectivity index (χ1) is 37.5. The zero-order valence-corrected chi connectivity index (χ0v) is 49.4. The number of nitrogens with one attached hydrogen (secondary N) is 6. The first-order valence-electron chi connectivity index (χ1n) is 28.9. The van der Waals surface area contributed by atoms with Crippen molar-refractivity contribution >= 4 is 65.0 Å². The van der Waals surface area contributed by atoms with Gasteiger partial charge in [0.05, 0.1) is 30.3 Å². The van der Waals surface area contributed by atoms with E-state index in [4.69, 9.17) is 9.47 Å². The van der Waals surface area contributed by atoms with E-state index in [1.807, 2.05) is 65.0 Å². The molecule has 8 amide bonds. The van der Waals surface area contributed by atoms with Gasteiger partial charge in [0.2, 0.25) is 35.2 Å². The lowest BCUT2D eigenvalue weighted by atomic mass is 9.85. The maximum Gasteiger partial charge on any atom is 0.408 e. The molecule has 2 aliphatic heterocycles. The number of amides is 8. The Kier molecular flexibility index (Phi) is 22.4. The SMILES string of the molecule is CCCC(NC(=O)[C@@H]1[C@H]2CCC(=O)[C@H]2CN1C(=O)[C@@H](NC(=O)OC(C)C)C(C)(C)C)C(=O)C(=O)NC1CC1.CCCC(NC(=O)[C@@H]1[C@H]2CCC[C@H]2CN1C(=O)[C@@H](NC(=O)OC(C)C)C(C)(C)C)C(=O)C(=O)N[C@@H](C)c1ccccc1. The smallest absolute Gasteiger partial charge is 0.408 e. The van der Waals surface area contributed by atoms with E-state index in [0.717, 1.165) is 37.7 Å². The van der Waals surface area contributed by atoms with E-state index in [9.17, 15) is 52.7 Å². The molecule has 2 unspecified atom stereocenters. The molecule has 80 heavy (non-hydrogen) atoms. The van der Waals surface area contributed by atoms with Crippen molar-refractivity contribution in [2.24, 2.45) is 34.5 Å². The van der Waals surface area contributed by atoms with Crippen molar-refractivity contribution in [1.82, 2.24) is 41.7 Å². The average molecular weight is 1120 g/mol. The molecule has 3 saturated carbocycles. The van der Waals surface area contributed by atoms with Gasteiger partial charge < -0.3 is 51.2 Å². The normalized spacial score (nSPS) is 23.2. The number of rotatable bonds is 21. The second-order valence-corrected chi connectivity index (χ2v) is 25.1. The standard InChI is InChI=1S/C32H48N4O6.C27H42N4O7/c1-8-13-24(26(37)29(39)33-20(4)21-14-10-9-11-15-21)34-28(38)25-23-17-12-16-22(23)18-36(25)30(40)27(32(5,6)7)35-31(41)42-19(2)3;1-7-8-18(21(33)24(35)28-15-9-10-15)29-23(34)20-16-11-12-19(32)17(16)13-31(20)25(36)22(27(4,5)6)30-26(37)38-14(2)3/h9-11,14-15,19-20,22-25,27H,8,12-13,16-18H2,1-7H3,(H,33,39)(H,34,38)(H,35,41);14-18,20,22H,7-13H2,1-6H3,(H,28,35)(H,29,34)(H,30,37)/t20-,22-,23-,24?,25-,27+;16-,17-,18?,20-,22+/m00/s1. The van der Waals surface area contributed by atoms with Crippen molar-refractivity contribution in [3.63, 3.8) is 0 Å². The van der Waals surface area contributed by atoms with Gasteiger partial charge in [-0.3, -0.25) is 43.2 Å². The molecule has 2 heterocycles. The van der Waals surface area contributed by atoms with Gasteiger partial charge >= 0.3 is 12.2 Å². The molecule has 5 aliphatic rings. The van der Waals surface area contributed by atoms with E-state index < -0.39 is 118 Å². The average Bonchev–Trinajstić information content (AvgIpc) is 3.69. The van der Waals surface area contributed by atoms with Crippen LogP contribution in [0.5, 0.6) is 0 Å². The molecule has 6 N–H and O–H groups in total. The Labute approximate surface area is 472 Å². The van der Waals surface area contributed by atoms with E-state index in [1.54, 1.807) is 60.3 Å². The highest BCUT2D eigenvalue weighted by Gasteiger charge is 2.56. The van der Waals surface area contributed by atoms with E-state index in [2.05, 4.69) is 31.9 Å². The molecule has 5 fully saturated rings. The van der Waals surface area contributed by atoms with Crippen molar-refractivity contribution in [2.75, 3.05) is 13.1 Å². The van der Waals surface area contributed by atoms with Crippen LogP contribution < -0.4 is 31.9 Å². The maximum absolute atomic E-state index is 14.0. The minimum atomic E-state index is -1.03. The molecular formula is C59H90N8O13. The third-order valence-corrected chi connectivity index (χ3v) is 15.6. The summed E-state index contributed by atoms with van der Waals surface area (Å²) in [6.07, 6.45) is 4.57. The Hall–Kier alpha value is -6.41. The van der Waals surface area contributed by atoms with E-state index >= 15 is 0 Å². The van der Waals surface area contributed by atoms with E-state index in [1.165, 1.54) is 4.90 Å². The van der Waals surface area contributed by atoms with E-state index in [-0.39, 0.29) is 54.7 Å². The number of fused-ring (bicyclic) bond motifs is 2. The molecule has 2 saturated heterocycles. The quantitative estimate of drug-likeness (QED) is 0.0846. The van der Waals surface area contributed by atoms with Crippen molar-refractivity contribution in [3.05, 3.63) is 35.9 Å². The van der Waals surface area contributed by atoms with Crippen molar-refractivity contribution in [3.8, 4) is 0 Å². The van der Waals surface area contributed by atoms with E-state index in [0.29, 0.717) is 38.6 Å². The van der Waals surface area contributed by atoms with Gasteiger partial charge in [-0.1, -0.05) is 105 Å². The van der Waals surface area contributed by atoms with Gasteiger partial charge in [-0.25, -0.2) is 9.59 Å². The molecular weight excluding hydrogens is 1030 g/mol. The lowest BCUT2D eigenvalue weighted by Gasteiger charge is -2.36. The van der Waals surface area contributed by atoms with Gasteiger partial charge in [0.1, 0.15) is 30.0 Å². The second kappa shape index (κ2) is 27.8. The minimum Gasteiger partial charge on any atom is -0.447 e. The fourth-order valence-electron chi connectivity index (χ4n) is 11.4. The van der Waals surface area contributed by atoms with Crippen molar-refractivity contribution < 1.29 is 62.2 Å². The van der Waals surface area contributed by atoms with Crippen molar-refractivity contribution in [2.45, 2.75) is 221 Å². The zero-order valence-electron chi connectivity index (χ0n) is 49.4. The Morgan fingerprint density at radius 2 is 1.06 bits per heavy atom. The number of likely N-dealkylation sites (tertiary alicyclic amines) is 2. The van der Waals surface area contributed by atoms with Gasteiger partial charge in [0.25, 0.3) is 11.8 Å². The summed E-state index contributed by atoms with van der Waals surface area (Å²) in [5.74, 6) is -5.55. The zero-order chi connectivity index (χ0) is 59.6. The lowest BCUT2D eigenvalue weighted by Crippen LogP contribution is -2.60. The van der Waals surface area contributed by atoms with Crippen LogP contribution in [-0.2, 0) is 52.6 Å². The van der Waals surface area contributed by atoms with Gasteiger partial charge in [0, 0.05) is 37.4 Å². The molecule has 3 aliphatic carbocycles. The summed E-state index contributed by atoms with van der Waals surface area (Å²) in [7, 11) is 0. The van der Waals surface area contributed by atoms with Crippen LogP contribution in [0.4, 0.5) is 9.59 Å². The van der Waals surface area contributed by atoms with Gasteiger partial charge in [-0.2, -0.15) is 0 Å². The van der Waals surface area contributed by atoms with Crippen LogP contribution in [0.2, 0.25) is 0 Å². The first kappa shape index (κ1) is 64.4. The van der Waals surface area contributed by atoms with Crippen LogP contribution >= 0.6 is 0 Å². The molecule has 1 aromatic rings. The molecule has 0 spiro atoms. The number of nitrogens with zero attached hydrogens (tertiary/aromatic N) is 2. The summed E-state index contributed by atoms with van der Waals surface area (Å²) in [5, 5.41) is 16.3. The van der Waals surface area contributed by atoms with Crippen LogP contribution in [0.25, 0.3) is 0 Å². The third-order valence-electron chi connectivity index (χ3n) is 15.6. The predicted octanol–water partition coefficient (Wildman–Crippen LogP) is 5.37. The Morgan fingerprint density at radius 3 is 1.52 bits per heavy atom. The molecule has 6 rings (SSSR count). The van der Waals surface area contributed by atoms with Gasteiger partial charge in [-0.05, 0) is 108 Å². The summed E-state index contributed by atoms with van der Waals surface area (Å²) >= 11 is 0. The summed E-state index contributed by atoms with van der Waals surface area (Å²) < 4.78 is 10.4. The van der Waals surface area contributed by atoms with Gasteiger partial charge in [-0.15, -0.1) is 0 Å². The summed E-state index contributed by atoms with van der Waals surface area (Å²) in [4.78, 5) is 147. The number of benzene rings is 1. The van der Waals surface area contributed by atoms with Crippen LogP contribution in [0.3, 0.4) is 0 Å². The number of hydrogen-bond donors (Lipinski definition) is 6. The predicted molar refractivity (Wildman–Crippen MR) is 297 cm³/mol. The second-order valence-electron chi connectivity index (χ2n) is 25.1. The van der Waals surface area contributed by atoms with Crippen LogP contribution in [0, 0.1) is 34.5 Å². The highest BCUT2D eigenvalue weighted by atomic mass is 16.6. The topological polar surface area (TPSA) is 285 Å². The number of carbonyl (C=O) groups excluding carboxylic acids is 11. The van der Waals surface area contributed by atoms with Gasteiger partial charge in [0.15, 0.2) is 0 Å². The number of hydrogen-bond acceptors (Lipinski definition) is 13. The fourth-order valence-corrected chi connectivity index (χ4v) is 11.4. The molecule has 0 bridgehead atoms. The van der Waals surface area contributed by atoms with Crippen LogP contribution in [-0.4, -0.2) is 142 Å². The summed E-state index contributed by atoms with van der Waals surface area (Å²) in [6.45, 7) is 23.7. The number of alkyl carbamates (subject to hydrolysis) is 2. The number of carbonyl (C=O) groups is 11. The minimum absolute atomic E-state index is 0.00171. The number of ketones is 3. The maximum atomic E-state index is 14.0. The fraction of sp³-hybridized carbons (Fsp3) is 0.712.